The van der Waals surface area contributed by atoms with Crippen molar-refractivity contribution in [2.24, 2.45) is 5.41 Å². The molecule has 3 rings (SSSR count). The van der Waals surface area contributed by atoms with Crippen LogP contribution in [-0.2, 0) is 19.4 Å². The average molecular weight is 448 g/mol. The van der Waals surface area contributed by atoms with Crippen molar-refractivity contribution in [1.29, 1.82) is 0 Å². The van der Waals surface area contributed by atoms with E-state index < -0.39 is 11.5 Å². The molecule has 1 heterocycles. The lowest BCUT2D eigenvalue weighted by Crippen LogP contribution is -2.61. The highest BCUT2D eigenvalue weighted by atomic mass is 17.2. The highest BCUT2D eigenvalue weighted by Gasteiger charge is 2.74. The number of nitrogens with zero attached hydrogens (tertiary/aromatic N) is 1. The van der Waals surface area contributed by atoms with E-state index in [0.717, 1.165) is 64.5 Å². The van der Waals surface area contributed by atoms with Crippen LogP contribution in [0.1, 0.15) is 122 Å². The molecule has 1 aliphatic heterocycles. The van der Waals surface area contributed by atoms with Gasteiger partial charge in [0.05, 0.1) is 6.42 Å². The van der Waals surface area contributed by atoms with Crippen molar-refractivity contribution in [2.45, 2.75) is 128 Å². The van der Waals surface area contributed by atoms with Crippen molar-refractivity contribution >= 4 is 11.9 Å². The molecule has 3 fully saturated rings. The first-order chi connectivity index (χ1) is 15.6. The van der Waals surface area contributed by atoms with E-state index in [4.69, 9.17) is 9.78 Å². The topological polar surface area (TPSA) is 55.6 Å². The van der Waals surface area contributed by atoms with Gasteiger partial charge in [0.1, 0.15) is 5.54 Å². The summed E-state index contributed by atoms with van der Waals surface area (Å²) in [6.07, 6.45) is 25.1. The predicted octanol–water partition coefficient (Wildman–Crippen LogP) is 6.65. The van der Waals surface area contributed by atoms with E-state index in [-0.39, 0.29) is 11.4 Å². The van der Waals surface area contributed by atoms with Crippen LogP contribution in [0.15, 0.2) is 12.2 Å². The minimum atomic E-state index is -0.490. The zero-order chi connectivity index (χ0) is 22.7. The maximum Gasteiger partial charge on any atom is 0.376 e. The Morgan fingerprint density at radius 2 is 1.31 bits per heavy atom. The Balaban J connectivity index is 1.12. The van der Waals surface area contributed by atoms with E-state index in [1.807, 2.05) is 0 Å². The molecule has 0 N–H and O–H groups in total. The molecule has 0 amide bonds. The SMILES string of the molecule is CCCCCCCC/C=C\CCCCCCCC(=O)OOC(=O)C1(N2CC2)CCC12CC2. The first-order valence-electron chi connectivity index (χ1n) is 13.5. The quantitative estimate of drug-likeness (QED) is 0.0821. The fraction of sp³-hybridized carbons (Fsp3) is 0.852. The summed E-state index contributed by atoms with van der Waals surface area (Å²) in [6.45, 7) is 4.18. The number of unbranched alkanes of at least 4 members (excludes halogenated alkanes) is 11. The molecule has 5 nitrogen and oxygen atoms in total. The molecule has 1 saturated heterocycles. The van der Waals surface area contributed by atoms with Crippen LogP contribution < -0.4 is 0 Å². The zero-order valence-corrected chi connectivity index (χ0v) is 20.4. The van der Waals surface area contributed by atoms with Gasteiger partial charge in [-0.3, -0.25) is 4.90 Å². The Morgan fingerprint density at radius 3 is 1.84 bits per heavy atom. The normalized spacial score (nSPS) is 23.3. The standard InChI is InChI=1S/C27H45NO4/c1-2-3-4-5-6-7-8-9-10-11-12-13-14-15-16-17-24(29)31-32-25(30)27(28-22-23-28)21-20-26(27)18-19-26/h9-10H,2-8,11-23H2,1H3/b10-9-. The molecule has 1 spiro atoms. The number of carbonyl (C=O) groups is 2. The number of allylic oxidation sites excluding steroid dienone is 2. The van der Waals surface area contributed by atoms with Crippen molar-refractivity contribution in [3.05, 3.63) is 12.2 Å². The van der Waals surface area contributed by atoms with Crippen LogP contribution in [-0.4, -0.2) is 35.5 Å². The molecule has 2 aliphatic carbocycles. The van der Waals surface area contributed by atoms with Crippen LogP contribution >= 0.6 is 0 Å². The lowest BCUT2D eigenvalue weighted by atomic mass is 9.63. The monoisotopic (exact) mass is 447 g/mol. The molecule has 0 aromatic rings. The van der Waals surface area contributed by atoms with Gasteiger partial charge >= 0.3 is 11.9 Å². The predicted molar refractivity (Wildman–Crippen MR) is 127 cm³/mol. The van der Waals surface area contributed by atoms with E-state index in [1.165, 1.54) is 57.8 Å². The maximum absolute atomic E-state index is 12.7. The molecule has 3 aliphatic rings. The third-order valence-corrected chi connectivity index (χ3v) is 7.87. The van der Waals surface area contributed by atoms with Gasteiger partial charge in [-0.15, -0.1) is 0 Å². The van der Waals surface area contributed by atoms with Crippen molar-refractivity contribution in [3.63, 3.8) is 0 Å². The van der Waals surface area contributed by atoms with Crippen LogP contribution in [0.4, 0.5) is 0 Å². The fourth-order valence-corrected chi connectivity index (χ4v) is 5.44. The van der Waals surface area contributed by atoms with E-state index in [0.29, 0.717) is 6.42 Å². The maximum atomic E-state index is 12.7. The first-order valence-corrected chi connectivity index (χ1v) is 13.5. The molecule has 0 aromatic heterocycles. The van der Waals surface area contributed by atoms with Crippen molar-refractivity contribution in [2.75, 3.05) is 13.1 Å². The summed E-state index contributed by atoms with van der Waals surface area (Å²) in [5.74, 6) is -0.752. The summed E-state index contributed by atoms with van der Waals surface area (Å²) in [7, 11) is 0. The van der Waals surface area contributed by atoms with Crippen LogP contribution in [0.25, 0.3) is 0 Å². The molecule has 2 saturated carbocycles. The summed E-state index contributed by atoms with van der Waals surface area (Å²) in [5.41, 5.74) is -0.368. The fourth-order valence-electron chi connectivity index (χ4n) is 5.44. The van der Waals surface area contributed by atoms with Gasteiger partial charge in [0.2, 0.25) is 0 Å². The van der Waals surface area contributed by atoms with Crippen LogP contribution in [0.3, 0.4) is 0 Å². The van der Waals surface area contributed by atoms with Crippen molar-refractivity contribution in [1.82, 2.24) is 4.90 Å². The molecule has 182 valence electrons. The number of hydrogen-bond donors (Lipinski definition) is 0. The van der Waals surface area contributed by atoms with Gasteiger partial charge in [-0.05, 0) is 63.2 Å². The molecule has 1 unspecified atom stereocenters. The second kappa shape index (κ2) is 12.8. The van der Waals surface area contributed by atoms with E-state index in [1.54, 1.807) is 0 Å². The third kappa shape index (κ3) is 6.82. The van der Waals surface area contributed by atoms with Crippen LogP contribution in [0, 0.1) is 5.41 Å². The second-order valence-corrected chi connectivity index (χ2v) is 10.3. The number of hydrogen-bond acceptors (Lipinski definition) is 5. The largest absolute Gasteiger partial charge is 0.376 e. The molecule has 5 heteroatoms. The molecule has 1 atom stereocenters. The van der Waals surface area contributed by atoms with Crippen LogP contribution in [0.2, 0.25) is 0 Å². The van der Waals surface area contributed by atoms with Gasteiger partial charge in [0, 0.05) is 13.1 Å². The minimum absolute atomic E-state index is 0.121. The molecular formula is C27H45NO4. The van der Waals surface area contributed by atoms with Gasteiger partial charge in [-0.1, -0.05) is 70.4 Å². The summed E-state index contributed by atoms with van der Waals surface area (Å²) in [4.78, 5) is 36.7. The van der Waals surface area contributed by atoms with E-state index >= 15 is 0 Å². The second-order valence-electron chi connectivity index (χ2n) is 10.3. The zero-order valence-electron chi connectivity index (χ0n) is 20.4. The summed E-state index contributed by atoms with van der Waals surface area (Å²) in [5, 5.41) is 0. The van der Waals surface area contributed by atoms with Gasteiger partial charge in [-0.25, -0.2) is 19.4 Å². The van der Waals surface area contributed by atoms with E-state index in [9.17, 15) is 9.59 Å². The Bertz CT molecular complexity index is 623. The van der Waals surface area contributed by atoms with E-state index in [2.05, 4.69) is 24.0 Å². The molecule has 32 heavy (non-hydrogen) atoms. The summed E-state index contributed by atoms with van der Waals surface area (Å²) in [6, 6.07) is 0. The Morgan fingerprint density at radius 1 is 0.750 bits per heavy atom. The Labute approximate surface area is 195 Å². The van der Waals surface area contributed by atoms with Gasteiger partial charge in [0.15, 0.2) is 0 Å². The summed E-state index contributed by atoms with van der Waals surface area (Å²) >= 11 is 0. The van der Waals surface area contributed by atoms with Crippen molar-refractivity contribution in [3.8, 4) is 0 Å². The Kier molecular flexibility index (Phi) is 10.1. The highest BCUT2D eigenvalue weighted by Crippen LogP contribution is 2.70. The first kappa shape index (κ1) is 25.3. The molecule has 0 aromatic carbocycles. The average Bonchev–Trinajstić information content (AvgIpc) is 3.68. The lowest BCUT2D eigenvalue weighted by Gasteiger charge is -2.48. The smallest absolute Gasteiger partial charge is 0.285 e. The minimum Gasteiger partial charge on any atom is -0.285 e. The highest BCUT2D eigenvalue weighted by molar-refractivity contribution is 5.85. The molecular weight excluding hydrogens is 402 g/mol. The van der Waals surface area contributed by atoms with Gasteiger partial charge in [0.25, 0.3) is 0 Å². The number of rotatable bonds is 17. The van der Waals surface area contributed by atoms with Crippen molar-refractivity contribution < 1.29 is 19.4 Å². The molecule has 0 radical (unpaired) electrons. The van der Waals surface area contributed by atoms with Crippen LogP contribution in [0.5, 0.6) is 0 Å². The third-order valence-electron chi connectivity index (χ3n) is 7.87. The summed E-state index contributed by atoms with van der Waals surface area (Å²) < 4.78 is 0. The number of carbonyl (C=O) groups excluding carboxylic acids is 2. The molecule has 0 bridgehead atoms. The van der Waals surface area contributed by atoms with Gasteiger partial charge in [-0.2, -0.15) is 0 Å². The van der Waals surface area contributed by atoms with Gasteiger partial charge < -0.3 is 0 Å². The Hall–Kier alpha value is -1.36. The lowest BCUT2D eigenvalue weighted by molar-refractivity contribution is -0.272.